The molecule has 1 aliphatic rings. The molecule has 7 nitrogen and oxygen atoms in total. The van der Waals surface area contributed by atoms with Gasteiger partial charge in [-0.1, -0.05) is 33.3 Å². The molecule has 1 amide bonds. The molecule has 1 aliphatic carbocycles. The SMILES string of the molecule is O=C(O)Cn1cc(CNC(=O)C2CC2c2ccc(Br)cc2)nn1. The van der Waals surface area contributed by atoms with Gasteiger partial charge in [-0.05, 0) is 30.0 Å². The summed E-state index contributed by atoms with van der Waals surface area (Å²) in [4.78, 5) is 22.7. The minimum atomic E-state index is -0.985. The summed E-state index contributed by atoms with van der Waals surface area (Å²) in [5.41, 5.74) is 1.71. The molecule has 0 bridgehead atoms. The number of aliphatic carboxylic acids is 1. The number of aromatic nitrogens is 3. The van der Waals surface area contributed by atoms with Crippen LogP contribution >= 0.6 is 15.9 Å². The van der Waals surface area contributed by atoms with Crippen LogP contribution in [0.1, 0.15) is 23.6 Å². The van der Waals surface area contributed by atoms with Gasteiger partial charge >= 0.3 is 5.97 Å². The van der Waals surface area contributed by atoms with Crippen LogP contribution in [0.25, 0.3) is 0 Å². The Balaban J connectivity index is 1.50. The normalized spacial score (nSPS) is 19.3. The number of nitrogens with one attached hydrogen (secondary N) is 1. The van der Waals surface area contributed by atoms with E-state index in [9.17, 15) is 9.59 Å². The van der Waals surface area contributed by atoms with Gasteiger partial charge in [0.1, 0.15) is 12.2 Å². The van der Waals surface area contributed by atoms with Gasteiger partial charge in [-0.25, -0.2) is 4.68 Å². The highest BCUT2D eigenvalue weighted by atomic mass is 79.9. The van der Waals surface area contributed by atoms with Crippen molar-refractivity contribution in [3.05, 3.63) is 46.2 Å². The average Bonchev–Trinajstić information content (AvgIpc) is 3.19. The Kier molecular flexibility index (Phi) is 4.42. The van der Waals surface area contributed by atoms with Gasteiger partial charge in [-0.3, -0.25) is 9.59 Å². The predicted molar refractivity (Wildman–Crippen MR) is 84.5 cm³/mol. The summed E-state index contributed by atoms with van der Waals surface area (Å²) in [5.74, 6) is -0.734. The van der Waals surface area contributed by atoms with E-state index in [1.807, 2.05) is 24.3 Å². The number of carboxylic acids is 1. The second-order valence-corrected chi connectivity index (χ2v) is 6.43. The maximum absolute atomic E-state index is 12.1. The van der Waals surface area contributed by atoms with Crippen LogP contribution in [0.2, 0.25) is 0 Å². The molecule has 1 aromatic heterocycles. The zero-order chi connectivity index (χ0) is 16.4. The van der Waals surface area contributed by atoms with Crippen molar-refractivity contribution in [3.63, 3.8) is 0 Å². The first-order valence-electron chi connectivity index (χ1n) is 7.17. The second-order valence-electron chi connectivity index (χ2n) is 5.52. The largest absolute Gasteiger partial charge is 0.480 e. The molecule has 8 heteroatoms. The molecule has 1 saturated carbocycles. The molecule has 23 heavy (non-hydrogen) atoms. The topological polar surface area (TPSA) is 97.1 Å². The van der Waals surface area contributed by atoms with Crippen LogP contribution in [-0.4, -0.2) is 32.0 Å². The van der Waals surface area contributed by atoms with Gasteiger partial charge < -0.3 is 10.4 Å². The maximum Gasteiger partial charge on any atom is 0.325 e. The molecule has 0 spiro atoms. The van der Waals surface area contributed by atoms with Crippen molar-refractivity contribution in [2.45, 2.75) is 25.4 Å². The Morgan fingerprint density at radius 3 is 2.78 bits per heavy atom. The standard InChI is InChI=1S/C15H15BrN4O3/c16-10-3-1-9(2-4-10)12-5-13(12)15(23)17-6-11-7-20(19-18-11)8-14(21)22/h1-4,7,12-13H,5-6,8H2,(H,17,23)(H,21,22). The molecule has 0 saturated heterocycles. The summed E-state index contributed by atoms with van der Waals surface area (Å²) in [6.45, 7) is 0.0111. The van der Waals surface area contributed by atoms with Crippen LogP contribution in [0.3, 0.4) is 0 Å². The molecule has 120 valence electrons. The number of halogens is 1. The van der Waals surface area contributed by atoms with Crippen molar-refractivity contribution in [1.82, 2.24) is 20.3 Å². The fourth-order valence-electron chi connectivity index (χ4n) is 2.51. The molecule has 2 atom stereocenters. The molecular weight excluding hydrogens is 364 g/mol. The molecule has 0 radical (unpaired) electrons. The first-order valence-corrected chi connectivity index (χ1v) is 7.96. The number of rotatable bonds is 6. The number of hydrogen-bond acceptors (Lipinski definition) is 4. The molecule has 1 heterocycles. The number of nitrogens with zero attached hydrogens (tertiary/aromatic N) is 3. The number of carbonyl (C=O) groups excluding carboxylic acids is 1. The molecule has 0 aliphatic heterocycles. The number of carboxylic acid groups (broad SMARTS) is 1. The number of amides is 1. The van der Waals surface area contributed by atoms with Crippen molar-refractivity contribution in [2.75, 3.05) is 0 Å². The van der Waals surface area contributed by atoms with Crippen LogP contribution in [0, 0.1) is 5.92 Å². The zero-order valence-electron chi connectivity index (χ0n) is 12.1. The van der Waals surface area contributed by atoms with Gasteiger partial charge in [0.15, 0.2) is 0 Å². The van der Waals surface area contributed by atoms with E-state index in [-0.39, 0.29) is 30.8 Å². The van der Waals surface area contributed by atoms with Gasteiger partial charge in [0.25, 0.3) is 0 Å². The fourth-order valence-corrected chi connectivity index (χ4v) is 2.77. The highest BCUT2D eigenvalue weighted by molar-refractivity contribution is 9.10. The number of benzene rings is 1. The third kappa shape index (κ3) is 3.95. The lowest BCUT2D eigenvalue weighted by Crippen LogP contribution is -2.25. The number of carbonyl (C=O) groups is 2. The first kappa shape index (κ1) is 15.7. The minimum absolute atomic E-state index is 0.00861. The van der Waals surface area contributed by atoms with E-state index in [0.717, 1.165) is 10.9 Å². The monoisotopic (exact) mass is 378 g/mol. The number of hydrogen-bond donors (Lipinski definition) is 2. The van der Waals surface area contributed by atoms with Crippen LogP contribution in [-0.2, 0) is 22.7 Å². The highest BCUT2D eigenvalue weighted by Gasteiger charge is 2.43. The smallest absolute Gasteiger partial charge is 0.325 e. The van der Waals surface area contributed by atoms with E-state index < -0.39 is 5.97 Å². The van der Waals surface area contributed by atoms with E-state index in [2.05, 4.69) is 31.6 Å². The summed E-state index contributed by atoms with van der Waals surface area (Å²) in [7, 11) is 0. The van der Waals surface area contributed by atoms with Crippen molar-refractivity contribution in [2.24, 2.45) is 5.92 Å². The minimum Gasteiger partial charge on any atom is -0.480 e. The first-order chi connectivity index (χ1) is 11.0. The molecule has 2 N–H and O–H groups in total. The average molecular weight is 379 g/mol. The Morgan fingerprint density at radius 2 is 2.09 bits per heavy atom. The van der Waals surface area contributed by atoms with E-state index in [0.29, 0.717) is 5.69 Å². The lowest BCUT2D eigenvalue weighted by molar-refractivity contribution is -0.138. The molecule has 2 aromatic rings. The summed E-state index contributed by atoms with van der Waals surface area (Å²) >= 11 is 3.40. The van der Waals surface area contributed by atoms with Crippen LogP contribution in [0.4, 0.5) is 0 Å². The van der Waals surface area contributed by atoms with Gasteiger partial charge in [0.2, 0.25) is 5.91 Å². The van der Waals surface area contributed by atoms with Crippen molar-refractivity contribution in [3.8, 4) is 0 Å². The Bertz CT molecular complexity index is 729. The lowest BCUT2D eigenvalue weighted by atomic mass is 10.1. The molecular formula is C15H15BrN4O3. The highest BCUT2D eigenvalue weighted by Crippen LogP contribution is 2.47. The van der Waals surface area contributed by atoms with E-state index in [1.165, 1.54) is 16.4 Å². The molecule has 2 unspecified atom stereocenters. The van der Waals surface area contributed by atoms with Crippen molar-refractivity contribution < 1.29 is 14.7 Å². The summed E-state index contributed by atoms with van der Waals surface area (Å²) in [5, 5.41) is 19.0. The zero-order valence-corrected chi connectivity index (χ0v) is 13.7. The Morgan fingerprint density at radius 1 is 1.35 bits per heavy atom. The van der Waals surface area contributed by atoms with Crippen LogP contribution in [0.15, 0.2) is 34.9 Å². The summed E-state index contributed by atoms with van der Waals surface area (Å²) in [6, 6.07) is 8.01. The Labute approximate surface area is 140 Å². The summed E-state index contributed by atoms with van der Waals surface area (Å²) < 4.78 is 2.25. The third-order valence-corrected chi connectivity index (χ3v) is 4.28. The molecule has 1 fully saturated rings. The van der Waals surface area contributed by atoms with Gasteiger partial charge in [0, 0.05) is 10.4 Å². The van der Waals surface area contributed by atoms with Gasteiger partial charge in [-0.15, -0.1) is 5.10 Å². The van der Waals surface area contributed by atoms with Gasteiger partial charge in [0.05, 0.1) is 12.7 Å². The molecule has 3 rings (SSSR count). The Hall–Kier alpha value is -2.22. The van der Waals surface area contributed by atoms with Crippen molar-refractivity contribution >= 4 is 27.8 Å². The van der Waals surface area contributed by atoms with E-state index in [1.54, 1.807) is 0 Å². The third-order valence-electron chi connectivity index (χ3n) is 3.75. The maximum atomic E-state index is 12.1. The quantitative estimate of drug-likeness (QED) is 0.794. The van der Waals surface area contributed by atoms with Crippen molar-refractivity contribution in [1.29, 1.82) is 0 Å². The predicted octanol–water partition coefficient (Wildman–Crippen LogP) is 1.55. The van der Waals surface area contributed by atoms with Crippen LogP contribution < -0.4 is 5.32 Å². The fraction of sp³-hybridized carbons (Fsp3) is 0.333. The van der Waals surface area contributed by atoms with E-state index >= 15 is 0 Å². The van der Waals surface area contributed by atoms with Gasteiger partial charge in [-0.2, -0.15) is 0 Å². The summed E-state index contributed by atoms with van der Waals surface area (Å²) in [6.07, 6.45) is 2.37. The molecule has 1 aromatic carbocycles. The van der Waals surface area contributed by atoms with E-state index in [4.69, 9.17) is 5.11 Å². The second kappa shape index (κ2) is 6.49. The lowest BCUT2D eigenvalue weighted by Gasteiger charge is -2.03. The van der Waals surface area contributed by atoms with Crippen LogP contribution in [0.5, 0.6) is 0 Å².